The van der Waals surface area contributed by atoms with Gasteiger partial charge in [0.05, 0.1) is 18.2 Å². The van der Waals surface area contributed by atoms with Crippen LogP contribution in [0.5, 0.6) is 0 Å². The molecule has 5 heteroatoms. The number of likely N-dealkylation sites (N-methyl/N-ethyl adjacent to an activating group) is 1. The normalized spacial score (nSPS) is 19.7. The first kappa shape index (κ1) is 11.1. The van der Waals surface area contributed by atoms with Crippen molar-refractivity contribution in [1.82, 2.24) is 5.32 Å². The van der Waals surface area contributed by atoms with E-state index in [2.05, 4.69) is 5.32 Å². The van der Waals surface area contributed by atoms with Crippen LogP contribution in [-0.2, 0) is 11.2 Å². The predicted octanol–water partition coefficient (Wildman–Crippen LogP) is 1.72. The van der Waals surface area contributed by atoms with Gasteiger partial charge in [-0.3, -0.25) is 4.79 Å². The summed E-state index contributed by atoms with van der Waals surface area (Å²) in [6, 6.07) is 3.27. The molecule has 1 unspecified atom stereocenters. The third kappa shape index (κ3) is 1.64. The number of carbonyl (C=O) groups excluding carboxylic acids is 1. The fraction of sp³-hybridized carbons (Fsp3) is 0.308. The van der Waals surface area contributed by atoms with Gasteiger partial charge >= 0.3 is 0 Å². The smallest absolute Gasteiger partial charge is 0.252 e. The van der Waals surface area contributed by atoms with Gasteiger partial charge in [-0.1, -0.05) is 0 Å². The lowest BCUT2D eigenvalue weighted by molar-refractivity contribution is -0.120. The van der Waals surface area contributed by atoms with E-state index in [1.165, 1.54) is 0 Å². The van der Waals surface area contributed by atoms with Crippen LogP contribution in [0.25, 0.3) is 0 Å². The number of anilines is 1. The zero-order valence-corrected chi connectivity index (χ0v) is 10.1. The molecule has 94 valence electrons. The second kappa shape index (κ2) is 4.34. The molecule has 0 spiro atoms. The van der Waals surface area contributed by atoms with Gasteiger partial charge in [-0.25, -0.2) is 0 Å². The molecule has 1 N–H and O–H groups in total. The van der Waals surface area contributed by atoms with Crippen molar-refractivity contribution < 1.29 is 13.6 Å². The van der Waals surface area contributed by atoms with E-state index in [1.54, 1.807) is 36.8 Å². The molecule has 2 aromatic rings. The quantitative estimate of drug-likeness (QED) is 0.876. The molecule has 0 aliphatic carbocycles. The molecule has 3 heterocycles. The van der Waals surface area contributed by atoms with Crippen LogP contribution in [0.3, 0.4) is 0 Å². The number of rotatable bonds is 2. The molecule has 1 amide bonds. The van der Waals surface area contributed by atoms with Crippen LogP contribution >= 0.6 is 0 Å². The molecular weight excluding hydrogens is 232 g/mol. The molecule has 0 bridgehead atoms. The van der Waals surface area contributed by atoms with Gasteiger partial charge in [0.1, 0.15) is 18.1 Å². The Morgan fingerprint density at radius 1 is 1.39 bits per heavy atom. The minimum atomic E-state index is -0.438. The maximum atomic E-state index is 12.5. The van der Waals surface area contributed by atoms with E-state index in [4.69, 9.17) is 8.83 Å². The van der Waals surface area contributed by atoms with E-state index in [-0.39, 0.29) is 5.91 Å². The Morgan fingerprint density at radius 2 is 2.28 bits per heavy atom. The van der Waals surface area contributed by atoms with Crippen molar-refractivity contribution in [3.8, 4) is 0 Å². The highest BCUT2D eigenvalue weighted by molar-refractivity contribution is 5.98. The van der Waals surface area contributed by atoms with Gasteiger partial charge in [-0.2, -0.15) is 0 Å². The van der Waals surface area contributed by atoms with Crippen LogP contribution in [0, 0.1) is 0 Å². The maximum Gasteiger partial charge on any atom is 0.252 e. The number of furan rings is 2. The number of nitrogens with one attached hydrogen (secondary N) is 1. The van der Waals surface area contributed by atoms with Gasteiger partial charge in [0, 0.05) is 12.6 Å². The molecule has 2 aromatic heterocycles. The van der Waals surface area contributed by atoms with Crippen molar-refractivity contribution in [2.24, 2.45) is 0 Å². The number of fused-ring (bicyclic) bond motifs is 1. The first-order valence-corrected chi connectivity index (χ1v) is 5.88. The second-order valence-corrected chi connectivity index (χ2v) is 4.25. The highest BCUT2D eigenvalue weighted by Crippen LogP contribution is 2.28. The van der Waals surface area contributed by atoms with Crippen LogP contribution < -0.4 is 10.2 Å². The average molecular weight is 246 g/mol. The lowest BCUT2D eigenvalue weighted by Crippen LogP contribution is -2.38. The number of nitrogens with zero attached hydrogens (tertiary/aromatic N) is 1. The summed E-state index contributed by atoms with van der Waals surface area (Å²) in [5, 5.41) is 3.01. The third-order valence-corrected chi connectivity index (χ3v) is 3.27. The molecule has 0 fully saturated rings. The van der Waals surface area contributed by atoms with E-state index in [9.17, 15) is 4.79 Å². The van der Waals surface area contributed by atoms with Crippen molar-refractivity contribution in [1.29, 1.82) is 0 Å². The number of amides is 1. The molecule has 18 heavy (non-hydrogen) atoms. The minimum Gasteiger partial charge on any atom is -0.470 e. The summed E-state index contributed by atoms with van der Waals surface area (Å²) in [4.78, 5) is 14.2. The van der Waals surface area contributed by atoms with Crippen LogP contribution in [0.1, 0.15) is 17.4 Å². The molecule has 1 atom stereocenters. The Bertz CT molecular complexity index is 544. The zero-order valence-electron chi connectivity index (χ0n) is 10.1. The first-order valence-electron chi connectivity index (χ1n) is 5.88. The van der Waals surface area contributed by atoms with Gasteiger partial charge in [0.2, 0.25) is 0 Å². The van der Waals surface area contributed by atoms with Gasteiger partial charge < -0.3 is 19.1 Å². The molecule has 1 aliphatic heterocycles. The van der Waals surface area contributed by atoms with E-state index in [1.807, 2.05) is 6.07 Å². The van der Waals surface area contributed by atoms with E-state index >= 15 is 0 Å². The SMILES string of the molecule is CNC1C(=O)N(c2ccoc2)CCc2ccoc21. The largest absolute Gasteiger partial charge is 0.470 e. The summed E-state index contributed by atoms with van der Waals surface area (Å²) in [6.07, 6.45) is 5.56. The topological polar surface area (TPSA) is 58.6 Å². The Hall–Kier alpha value is -2.01. The third-order valence-electron chi connectivity index (χ3n) is 3.27. The van der Waals surface area contributed by atoms with Crippen molar-refractivity contribution in [3.63, 3.8) is 0 Å². The molecular formula is C13H14N2O3. The number of hydrogen-bond donors (Lipinski definition) is 1. The molecule has 5 nitrogen and oxygen atoms in total. The minimum absolute atomic E-state index is 0.0207. The van der Waals surface area contributed by atoms with Crippen molar-refractivity contribution in [2.45, 2.75) is 12.5 Å². The summed E-state index contributed by atoms with van der Waals surface area (Å²) >= 11 is 0. The molecule has 0 radical (unpaired) electrons. The number of carbonyl (C=O) groups is 1. The Morgan fingerprint density at radius 3 is 3.00 bits per heavy atom. The monoisotopic (exact) mass is 246 g/mol. The molecule has 0 saturated carbocycles. The highest BCUT2D eigenvalue weighted by Gasteiger charge is 2.33. The summed E-state index contributed by atoms with van der Waals surface area (Å²) in [5.74, 6) is 0.695. The van der Waals surface area contributed by atoms with E-state index in [0.717, 1.165) is 17.7 Å². The summed E-state index contributed by atoms with van der Waals surface area (Å²) in [5.41, 5.74) is 1.86. The molecule has 0 aromatic carbocycles. The predicted molar refractivity (Wildman–Crippen MR) is 65.3 cm³/mol. The number of hydrogen-bond acceptors (Lipinski definition) is 4. The van der Waals surface area contributed by atoms with Gasteiger partial charge in [0.15, 0.2) is 0 Å². The first-order chi connectivity index (χ1) is 8.81. The van der Waals surface area contributed by atoms with E-state index < -0.39 is 6.04 Å². The van der Waals surface area contributed by atoms with Gasteiger partial charge in [-0.15, -0.1) is 0 Å². The summed E-state index contributed by atoms with van der Waals surface area (Å²) < 4.78 is 10.5. The fourth-order valence-electron chi connectivity index (χ4n) is 2.34. The second-order valence-electron chi connectivity index (χ2n) is 4.25. The molecule has 3 rings (SSSR count). The molecule has 0 saturated heterocycles. The summed E-state index contributed by atoms with van der Waals surface area (Å²) in [6.45, 7) is 0.628. The highest BCUT2D eigenvalue weighted by atomic mass is 16.3. The standard InChI is InChI=1S/C13H14N2O3/c1-14-11-12-9(3-7-18-12)2-5-15(13(11)16)10-4-6-17-8-10/h3-4,6-8,11,14H,2,5H2,1H3. The van der Waals surface area contributed by atoms with Crippen molar-refractivity contribution in [2.75, 3.05) is 18.5 Å². The van der Waals surface area contributed by atoms with Crippen LogP contribution in [-0.4, -0.2) is 19.5 Å². The lowest BCUT2D eigenvalue weighted by Gasteiger charge is -2.22. The zero-order chi connectivity index (χ0) is 12.5. The average Bonchev–Trinajstić information content (AvgIpc) is 3.01. The Balaban J connectivity index is 1.99. The maximum absolute atomic E-state index is 12.5. The van der Waals surface area contributed by atoms with Crippen LogP contribution in [0.2, 0.25) is 0 Å². The van der Waals surface area contributed by atoms with Crippen molar-refractivity contribution in [3.05, 3.63) is 42.2 Å². The van der Waals surface area contributed by atoms with Gasteiger partial charge in [-0.05, 0) is 25.1 Å². The fourth-order valence-corrected chi connectivity index (χ4v) is 2.34. The van der Waals surface area contributed by atoms with Gasteiger partial charge in [0.25, 0.3) is 5.91 Å². The Kier molecular flexibility index (Phi) is 2.68. The van der Waals surface area contributed by atoms with Crippen LogP contribution in [0.15, 0.2) is 39.8 Å². The van der Waals surface area contributed by atoms with Crippen molar-refractivity contribution >= 4 is 11.6 Å². The Labute approximate surface area is 104 Å². The lowest BCUT2D eigenvalue weighted by atomic mass is 10.1. The van der Waals surface area contributed by atoms with Crippen LogP contribution in [0.4, 0.5) is 5.69 Å². The summed E-state index contributed by atoms with van der Waals surface area (Å²) in [7, 11) is 1.76. The molecule has 1 aliphatic rings. The van der Waals surface area contributed by atoms with E-state index in [0.29, 0.717) is 12.3 Å².